The first-order valence-electron chi connectivity index (χ1n) is 5.22. The largest absolute Gasteiger partial charge is 0.480 e. The summed E-state index contributed by atoms with van der Waals surface area (Å²) in [4.78, 5) is 17.1. The van der Waals surface area contributed by atoms with Crippen LogP contribution in [0.4, 0.5) is 0 Å². The quantitative estimate of drug-likeness (QED) is 0.824. The van der Waals surface area contributed by atoms with Crippen molar-refractivity contribution in [3.63, 3.8) is 0 Å². The van der Waals surface area contributed by atoms with E-state index < -0.39 is 12.0 Å². The molecule has 0 aromatic carbocycles. The zero-order valence-corrected chi connectivity index (χ0v) is 11.4. The minimum Gasteiger partial charge on any atom is -0.480 e. The molecule has 0 aliphatic carbocycles. The fraction of sp³-hybridized carbons (Fsp3) is 0.455. The first-order chi connectivity index (χ1) is 8.00. The van der Waals surface area contributed by atoms with Crippen LogP contribution < -0.4 is 5.32 Å². The standard InChI is InChI=1S/C11H16BrN3O2/c1-15(2)4-3-14-10(11(16)17)8-5-9(12)7-13-6-8/h5-7,10,14H,3-4H2,1-2H3,(H,16,17). The zero-order valence-electron chi connectivity index (χ0n) is 9.85. The van der Waals surface area contributed by atoms with E-state index in [1.165, 1.54) is 0 Å². The van der Waals surface area contributed by atoms with E-state index in [1.807, 2.05) is 19.0 Å². The molecule has 1 aromatic rings. The molecule has 0 spiro atoms. The number of halogens is 1. The minimum absolute atomic E-state index is 0.608. The second-order valence-corrected chi connectivity index (χ2v) is 4.88. The third kappa shape index (κ3) is 4.80. The average molecular weight is 302 g/mol. The van der Waals surface area contributed by atoms with E-state index in [9.17, 15) is 4.79 Å². The molecule has 0 saturated carbocycles. The van der Waals surface area contributed by atoms with Crippen LogP contribution in [0, 0.1) is 0 Å². The number of rotatable bonds is 6. The summed E-state index contributed by atoms with van der Waals surface area (Å²) in [6.07, 6.45) is 3.19. The maximum absolute atomic E-state index is 11.2. The van der Waals surface area contributed by atoms with Gasteiger partial charge in [0.05, 0.1) is 0 Å². The van der Waals surface area contributed by atoms with Gasteiger partial charge in [-0.1, -0.05) is 0 Å². The Balaban J connectivity index is 2.69. The van der Waals surface area contributed by atoms with Gasteiger partial charge in [0.15, 0.2) is 0 Å². The Morgan fingerprint density at radius 2 is 2.29 bits per heavy atom. The molecule has 0 fully saturated rings. The van der Waals surface area contributed by atoms with Gasteiger partial charge in [0.25, 0.3) is 0 Å². The molecule has 17 heavy (non-hydrogen) atoms. The number of carbonyl (C=O) groups is 1. The summed E-state index contributed by atoms with van der Waals surface area (Å²) >= 11 is 3.28. The van der Waals surface area contributed by atoms with Crippen LogP contribution in [0.5, 0.6) is 0 Å². The normalized spacial score (nSPS) is 12.7. The van der Waals surface area contributed by atoms with E-state index in [1.54, 1.807) is 18.5 Å². The lowest BCUT2D eigenvalue weighted by molar-refractivity contribution is -0.139. The summed E-state index contributed by atoms with van der Waals surface area (Å²) in [6, 6.07) is 1.04. The van der Waals surface area contributed by atoms with Crippen LogP contribution in [0.15, 0.2) is 22.9 Å². The lowest BCUT2D eigenvalue weighted by Crippen LogP contribution is -2.34. The zero-order chi connectivity index (χ0) is 12.8. The average Bonchev–Trinajstić information content (AvgIpc) is 2.23. The van der Waals surface area contributed by atoms with Crippen molar-refractivity contribution in [3.8, 4) is 0 Å². The summed E-state index contributed by atoms with van der Waals surface area (Å²) < 4.78 is 0.774. The molecule has 0 bridgehead atoms. The van der Waals surface area contributed by atoms with Gasteiger partial charge < -0.3 is 10.0 Å². The molecule has 5 nitrogen and oxygen atoms in total. The molecule has 0 amide bonds. The highest BCUT2D eigenvalue weighted by atomic mass is 79.9. The molecule has 0 radical (unpaired) electrons. The van der Waals surface area contributed by atoms with Crippen molar-refractivity contribution >= 4 is 21.9 Å². The molecular weight excluding hydrogens is 286 g/mol. The van der Waals surface area contributed by atoms with Gasteiger partial charge in [-0.2, -0.15) is 0 Å². The van der Waals surface area contributed by atoms with Crippen molar-refractivity contribution in [2.75, 3.05) is 27.2 Å². The van der Waals surface area contributed by atoms with E-state index >= 15 is 0 Å². The molecule has 1 heterocycles. The van der Waals surface area contributed by atoms with Gasteiger partial charge in [-0.05, 0) is 41.7 Å². The van der Waals surface area contributed by atoms with E-state index in [0.717, 1.165) is 11.0 Å². The molecule has 2 N–H and O–H groups in total. The highest BCUT2D eigenvalue weighted by molar-refractivity contribution is 9.10. The second kappa shape index (κ2) is 6.68. The van der Waals surface area contributed by atoms with Crippen molar-refractivity contribution in [1.29, 1.82) is 0 Å². The maximum Gasteiger partial charge on any atom is 0.325 e. The monoisotopic (exact) mass is 301 g/mol. The SMILES string of the molecule is CN(C)CCNC(C(=O)O)c1cncc(Br)c1. The maximum atomic E-state index is 11.2. The third-order valence-corrected chi connectivity index (χ3v) is 2.65. The van der Waals surface area contributed by atoms with Crippen LogP contribution in [-0.4, -0.2) is 48.1 Å². The summed E-state index contributed by atoms with van der Waals surface area (Å²) in [5.41, 5.74) is 0.644. The van der Waals surface area contributed by atoms with E-state index in [0.29, 0.717) is 12.1 Å². The third-order valence-electron chi connectivity index (χ3n) is 2.21. The van der Waals surface area contributed by atoms with Gasteiger partial charge in [0, 0.05) is 30.0 Å². The van der Waals surface area contributed by atoms with E-state index in [4.69, 9.17) is 5.11 Å². The smallest absolute Gasteiger partial charge is 0.325 e. The Bertz CT molecular complexity index is 385. The number of carboxylic acids is 1. The first kappa shape index (κ1) is 14.1. The summed E-state index contributed by atoms with van der Waals surface area (Å²) in [6.45, 7) is 1.39. The number of aromatic nitrogens is 1. The Labute approximate surface area is 109 Å². The van der Waals surface area contributed by atoms with Gasteiger partial charge in [0.1, 0.15) is 6.04 Å². The number of nitrogens with one attached hydrogen (secondary N) is 1. The number of hydrogen-bond donors (Lipinski definition) is 2. The van der Waals surface area contributed by atoms with E-state index in [-0.39, 0.29) is 0 Å². The minimum atomic E-state index is -0.899. The van der Waals surface area contributed by atoms with Crippen molar-refractivity contribution in [1.82, 2.24) is 15.2 Å². The Kier molecular flexibility index (Phi) is 5.54. The van der Waals surface area contributed by atoms with Gasteiger partial charge in [-0.25, -0.2) is 0 Å². The number of nitrogens with zero attached hydrogens (tertiary/aromatic N) is 2. The first-order valence-corrected chi connectivity index (χ1v) is 6.01. The highest BCUT2D eigenvalue weighted by Crippen LogP contribution is 2.16. The van der Waals surface area contributed by atoms with Crippen molar-refractivity contribution < 1.29 is 9.90 Å². The number of likely N-dealkylation sites (N-methyl/N-ethyl adjacent to an activating group) is 1. The lowest BCUT2D eigenvalue weighted by Gasteiger charge is -2.16. The number of carboxylic acid groups (broad SMARTS) is 1. The van der Waals surface area contributed by atoms with Crippen molar-refractivity contribution in [2.24, 2.45) is 0 Å². The molecule has 0 aliphatic rings. The predicted molar refractivity (Wildman–Crippen MR) is 68.9 cm³/mol. The van der Waals surface area contributed by atoms with Gasteiger partial charge in [-0.15, -0.1) is 0 Å². The highest BCUT2D eigenvalue weighted by Gasteiger charge is 2.19. The molecule has 0 saturated heterocycles. The fourth-order valence-electron chi connectivity index (χ4n) is 1.37. The Morgan fingerprint density at radius 1 is 1.59 bits per heavy atom. The van der Waals surface area contributed by atoms with Crippen molar-refractivity contribution in [3.05, 3.63) is 28.5 Å². The summed E-state index contributed by atoms with van der Waals surface area (Å²) in [5, 5.41) is 12.2. The molecule has 1 atom stereocenters. The molecule has 94 valence electrons. The van der Waals surface area contributed by atoms with Crippen LogP contribution in [-0.2, 0) is 4.79 Å². The van der Waals surface area contributed by atoms with Crippen molar-refractivity contribution in [2.45, 2.75) is 6.04 Å². The molecule has 6 heteroatoms. The summed E-state index contributed by atoms with van der Waals surface area (Å²) in [7, 11) is 3.89. The van der Waals surface area contributed by atoms with Gasteiger partial charge >= 0.3 is 5.97 Å². The fourth-order valence-corrected chi connectivity index (χ4v) is 1.75. The number of aliphatic carboxylic acids is 1. The van der Waals surface area contributed by atoms with Crippen LogP contribution in [0.2, 0.25) is 0 Å². The Morgan fingerprint density at radius 3 is 2.82 bits per heavy atom. The van der Waals surface area contributed by atoms with Crippen LogP contribution in [0.1, 0.15) is 11.6 Å². The molecule has 1 unspecified atom stereocenters. The molecule has 0 aliphatic heterocycles. The van der Waals surface area contributed by atoms with Crippen LogP contribution >= 0.6 is 15.9 Å². The lowest BCUT2D eigenvalue weighted by atomic mass is 10.1. The van der Waals surface area contributed by atoms with E-state index in [2.05, 4.69) is 26.2 Å². The van der Waals surface area contributed by atoms with Crippen LogP contribution in [0.25, 0.3) is 0 Å². The Hall–Kier alpha value is -0.980. The number of hydrogen-bond acceptors (Lipinski definition) is 4. The summed E-state index contributed by atoms with van der Waals surface area (Å²) in [5.74, 6) is -0.899. The van der Waals surface area contributed by atoms with Crippen LogP contribution in [0.3, 0.4) is 0 Å². The van der Waals surface area contributed by atoms with Gasteiger partial charge in [-0.3, -0.25) is 15.1 Å². The number of pyridine rings is 1. The molecule has 1 aromatic heterocycles. The topological polar surface area (TPSA) is 65.5 Å². The van der Waals surface area contributed by atoms with Gasteiger partial charge in [0.2, 0.25) is 0 Å². The predicted octanol–water partition coefficient (Wildman–Crippen LogP) is 1.12. The molecule has 1 rings (SSSR count). The second-order valence-electron chi connectivity index (χ2n) is 3.97. The molecular formula is C11H16BrN3O2.